The SMILES string of the molecule is O=C(CS(=O)(=O)C1CCC1)NCCc1c[nH]c2ccccc12. The number of amides is 1. The van der Waals surface area contributed by atoms with Crippen molar-refractivity contribution in [3.63, 3.8) is 0 Å². The van der Waals surface area contributed by atoms with E-state index in [9.17, 15) is 13.2 Å². The number of nitrogens with one attached hydrogen (secondary N) is 2. The van der Waals surface area contributed by atoms with Crippen LogP contribution in [0.5, 0.6) is 0 Å². The number of aromatic amines is 1. The van der Waals surface area contributed by atoms with Gasteiger partial charge in [0.05, 0.1) is 5.25 Å². The van der Waals surface area contributed by atoms with Crippen molar-refractivity contribution in [3.05, 3.63) is 36.0 Å². The lowest BCUT2D eigenvalue weighted by molar-refractivity contribution is -0.118. The van der Waals surface area contributed by atoms with E-state index in [1.54, 1.807) is 0 Å². The summed E-state index contributed by atoms with van der Waals surface area (Å²) >= 11 is 0. The van der Waals surface area contributed by atoms with Gasteiger partial charge in [-0.25, -0.2) is 8.42 Å². The van der Waals surface area contributed by atoms with Crippen molar-refractivity contribution in [2.75, 3.05) is 12.3 Å². The fourth-order valence-electron chi connectivity index (χ4n) is 2.76. The van der Waals surface area contributed by atoms with Gasteiger partial charge in [0, 0.05) is 23.6 Å². The van der Waals surface area contributed by atoms with Gasteiger partial charge in [0.25, 0.3) is 0 Å². The minimum absolute atomic E-state index is 0.299. The van der Waals surface area contributed by atoms with Crippen LogP contribution in [0.2, 0.25) is 0 Å². The molecule has 0 spiro atoms. The van der Waals surface area contributed by atoms with Crippen LogP contribution in [0.4, 0.5) is 0 Å². The van der Waals surface area contributed by atoms with E-state index in [0.717, 1.165) is 22.9 Å². The summed E-state index contributed by atoms with van der Waals surface area (Å²) in [5.74, 6) is -0.780. The maximum absolute atomic E-state index is 11.9. The number of fused-ring (bicyclic) bond motifs is 1. The molecule has 1 aliphatic rings. The summed E-state index contributed by atoms with van der Waals surface area (Å²) in [5.41, 5.74) is 2.19. The monoisotopic (exact) mass is 320 g/mol. The summed E-state index contributed by atoms with van der Waals surface area (Å²) in [6, 6.07) is 7.98. The Morgan fingerprint density at radius 2 is 2.05 bits per heavy atom. The van der Waals surface area contributed by atoms with Crippen LogP contribution in [0.1, 0.15) is 24.8 Å². The van der Waals surface area contributed by atoms with E-state index < -0.39 is 15.7 Å². The highest BCUT2D eigenvalue weighted by atomic mass is 32.2. The van der Waals surface area contributed by atoms with Gasteiger partial charge in [0.2, 0.25) is 5.91 Å². The van der Waals surface area contributed by atoms with Gasteiger partial charge in [-0.2, -0.15) is 0 Å². The second-order valence-electron chi connectivity index (χ2n) is 5.82. The molecule has 1 aromatic heterocycles. The minimum atomic E-state index is -3.26. The Labute approximate surface area is 130 Å². The van der Waals surface area contributed by atoms with Crippen LogP contribution in [0.3, 0.4) is 0 Å². The quantitative estimate of drug-likeness (QED) is 0.852. The second-order valence-corrected chi connectivity index (χ2v) is 8.10. The molecule has 0 aliphatic heterocycles. The minimum Gasteiger partial charge on any atom is -0.361 e. The molecule has 3 rings (SSSR count). The molecular formula is C16H20N2O3S. The lowest BCUT2D eigenvalue weighted by Crippen LogP contribution is -2.38. The molecule has 1 amide bonds. The average Bonchev–Trinajstić information content (AvgIpc) is 2.79. The topological polar surface area (TPSA) is 79.0 Å². The zero-order valence-electron chi connectivity index (χ0n) is 12.3. The van der Waals surface area contributed by atoms with Crippen molar-refractivity contribution in [3.8, 4) is 0 Å². The first-order valence-corrected chi connectivity index (χ1v) is 9.31. The molecule has 1 fully saturated rings. The zero-order chi connectivity index (χ0) is 15.6. The van der Waals surface area contributed by atoms with Crippen LogP contribution in [-0.2, 0) is 21.1 Å². The Morgan fingerprint density at radius 1 is 1.27 bits per heavy atom. The highest BCUT2D eigenvalue weighted by molar-refractivity contribution is 7.92. The summed E-state index contributed by atoms with van der Waals surface area (Å²) in [4.78, 5) is 15.0. The number of benzene rings is 1. The Kier molecular flexibility index (Phi) is 4.20. The summed E-state index contributed by atoms with van der Waals surface area (Å²) in [7, 11) is -3.26. The molecule has 1 aromatic carbocycles. The van der Waals surface area contributed by atoms with Crippen LogP contribution >= 0.6 is 0 Å². The van der Waals surface area contributed by atoms with Gasteiger partial charge in [0.15, 0.2) is 9.84 Å². The van der Waals surface area contributed by atoms with E-state index in [4.69, 9.17) is 0 Å². The lowest BCUT2D eigenvalue weighted by atomic mass is 10.0. The standard InChI is InChI=1S/C16H20N2O3S/c19-16(11-22(20,21)13-4-3-5-13)17-9-8-12-10-18-15-7-2-1-6-14(12)15/h1-2,6-7,10,13,18H,3-5,8-9,11H2,(H,17,19). The van der Waals surface area contributed by atoms with E-state index in [2.05, 4.69) is 10.3 Å². The molecule has 0 saturated heterocycles. The molecule has 118 valence electrons. The van der Waals surface area contributed by atoms with Crippen LogP contribution in [-0.4, -0.2) is 36.9 Å². The van der Waals surface area contributed by atoms with Crippen LogP contribution in [0, 0.1) is 0 Å². The first-order chi connectivity index (χ1) is 10.6. The third-order valence-electron chi connectivity index (χ3n) is 4.28. The molecular weight excluding hydrogens is 300 g/mol. The fraction of sp³-hybridized carbons (Fsp3) is 0.438. The fourth-order valence-corrected chi connectivity index (χ4v) is 4.51. The predicted molar refractivity (Wildman–Crippen MR) is 86.4 cm³/mol. The first kappa shape index (κ1) is 15.1. The maximum atomic E-state index is 11.9. The van der Waals surface area contributed by atoms with E-state index in [-0.39, 0.29) is 11.0 Å². The Bertz CT molecular complexity index is 776. The molecule has 1 heterocycles. The van der Waals surface area contributed by atoms with Gasteiger partial charge < -0.3 is 10.3 Å². The summed E-state index contributed by atoms with van der Waals surface area (Å²) < 4.78 is 23.8. The Balaban J connectivity index is 1.51. The molecule has 22 heavy (non-hydrogen) atoms. The molecule has 0 bridgehead atoms. The van der Waals surface area contributed by atoms with Gasteiger partial charge in [-0.15, -0.1) is 0 Å². The number of hydrogen-bond acceptors (Lipinski definition) is 3. The normalized spacial score (nSPS) is 15.6. The van der Waals surface area contributed by atoms with Crippen molar-refractivity contribution < 1.29 is 13.2 Å². The van der Waals surface area contributed by atoms with E-state index >= 15 is 0 Å². The number of sulfone groups is 1. The van der Waals surface area contributed by atoms with Crippen molar-refractivity contribution in [1.82, 2.24) is 10.3 Å². The summed E-state index contributed by atoms with van der Waals surface area (Å²) in [6.07, 6.45) is 4.96. The van der Waals surface area contributed by atoms with Crippen molar-refractivity contribution >= 4 is 26.6 Å². The van der Waals surface area contributed by atoms with Gasteiger partial charge >= 0.3 is 0 Å². The lowest BCUT2D eigenvalue weighted by Gasteiger charge is -2.24. The predicted octanol–water partition coefficient (Wildman–Crippen LogP) is 1.79. The average molecular weight is 320 g/mol. The molecule has 6 heteroatoms. The third-order valence-corrected chi connectivity index (χ3v) is 6.44. The number of aromatic nitrogens is 1. The number of hydrogen-bond donors (Lipinski definition) is 2. The molecule has 0 radical (unpaired) electrons. The van der Waals surface area contributed by atoms with E-state index in [1.807, 2.05) is 30.5 Å². The largest absolute Gasteiger partial charge is 0.361 e. The van der Waals surface area contributed by atoms with Gasteiger partial charge in [-0.3, -0.25) is 4.79 Å². The van der Waals surface area contributed by atoms with Crippen LogP contribution in [0.15, 0.2) is 30.5 Å². The molecule has 1 saturated carbocycles. The summed E-state index contributed by atoms with van der Waals surface area (Å²) in [6.45, 7) is 0.445. The maximum Gasteiger partial charge on any atom is 0.235 e. The van der Waals surface area contributed by atoms with Gasteiger partial charge in [-0.05, 0) is 30.9 Å². The molecule has 5 nitrogen and oxygen atoms in total. The first-order valence-electron chi connectivity index (χ1n) is 7.59. The Hall–Kier alpha value is -1.82. The molecule has 0 atom stereocenters. The van der Waals surface area contributed by atoms with E-state index in [0.29, 0.717) is 25.8 Å². The third kappa shape index (κ3) is 3.16. The number of rotatable bonds is 6. The molecule has 2 aromatic rings. The molecule has 1 aliphatic carbocycles. The van der Waals surface area contributed by atoms with E-state index in [1.165, 1.54) is 0 Å². The molecule has 0 unspecified atom stereocenters. The number of para-hydroxylation sites is 1. The van der Waals surface area contributed by atoms with Crippen molar-refractivity contribution in [1.29, 1.82) is 0 Å². The number of carbonyl (C=O) groups is 1. The van der Waals surface area contributed by atoms with Gasteiger partial charge in [0.1, 0.15) is 5.75 Å². The van der Waals surface area contributed by atoms with Crippen molar-refractivity contribution in [2.24, 2.45) is 0 Å². The highest BCUT2D eigenvalue weighted by Crippen LogP contribution is 2.26. The van der Waals surface area contributed by atoms with Crippen LogP contribution < -0.4 is 5.32 Å². The second kappa shape index (κ2) is 6.12. The zero-order valence-corrected chi connectivity index (χ0v) is 13.2. The number of carbonyl (C=O) groups excluding carboxylic acids is 1. The highest BCUT2D eigenvalue weighted by Gasteiger charge is 2.32. The Morgan fingerprint density at radius 3 is 2.77 bits per heavy atom. The molecule has 2 N–H and O–H groups in total. The summed E-state index contributed by atoms with van der Waals surface area (Å²) in [5, 5.41) is 3.55. The van der Waals surface area contributed by atoms with Crippen LogP contribution in [0.25, 0.3) is 10.9 Å². The van der Waals surface area contributed by atoms with Gasteiger partial charge in [-0.1, -0.05) is 24.6 Å². The smallest absolute Gasteiger partial charge is 0.235 e. The number of H-pyrrole nitrogens is 1. The van der Waals surface area contributed by atoms with Crippen molar-refractivity contribution in [2.45, 2.75) is 30.9 Å².